The van der Waals surface area contributed by atoms with Gasteiger partial charge in [-0.1, -0.05) is 32.9 Å². The molecule has 84 valence electrons. The number of aryl methyl sites for hydroxylation is 1. The second kappa shape index (κ2) is 4.80. The topological polar surface area (TPSA) is 20.2 Å². The maximum absolute atomic E-state index is 9.23. The van der Waals surface area contributed by atoms with E-state index in [9.17, 15) is 5.11 Å². The van der Waals surface area contributed by atoms with Crippen LogP contribution in [0.5, 0.6) is 0 Å². The van der Waals surface area contributed by atoms with Crippen molar-refractivity contribution in [2.45, 2.75) is 46.5 Å². The van der Waals surface area contributed by atoms with Crippen LogP contribution in [0.15, 0.2) is 12.1 Å². The van der Waals surface area contributed by atoms with Gasteiger partial charge in [-0.25, -0.2) is 0 Å². The predicted octanol–water partition coefficient (Wildman–Crippen LogP) is 3.52. The third-order valence-electron chi connectivity index (χ3n) is 3.20. The Kier molecular flexibility index (Phi) is 3.92. The molecule has 0 saturated heterocycles. The largest absolute Gasteiger partial charge is 0.396 e. The first-order valence-electron chi connectivity index (χ1n) is 5.69. The maximum atomic E-state index is 9.23. The van der Waals surface area contributed by atoms with Crippen molar-refractivity contribution in [2.75, 3.05) is 6.61 Å². The average Bonchev–Trinajstić information content (AvgIpc) is 2.20. The smallest absolute Gasteiger partial charge is 0.0497 e. The molecule has 0 saturated carbocycles. The van der Waals surface area contributed by atoms with Gasteiger partial charge in [-0.3, -0.25) is 0 Å². The van der Waals surface area contributed by atoms with Gasteiger partial charge in [-0.2, -0.15) is 0 Å². The number of aliphatic hydroxyl groups excluding tert-OH is 1. The highest BCUT2D eigenvalue weighted by Crippen LogP contribution is 2.27. The van der Waals surface area contributed by atoms with Crippen molar-refractivity contribution in [3.05, 3.63) is 34.4 Å². The zero-order valence-electron chi connectivity index (χ0n) is 10.5. The second-order valence-corrected chi connectivity index (χ2v) is 4.79. The Morgan fingerprint density at radius 2 is 1.73 bits per heavy atom. The van der Waals surface area contributed by atoms with E-state index >= 15 is 0 Å². The van der Waals surface area contributed by atoms with Crippen LogP contribution < -0.4 is 0 Å². The Bertz CT molecular complexity index is 339. The average molecular weight is 206 g/mol. The summed E-state index contributed by atoms with van der Waals surface area (Å²) in [5.41, 5.74) is 5.31. The molecule has 1 N–H and O–H groups in total. The molecular weight excluding hydrogens is 184 g/mol. The summed E-state index contributed by atoms with van der Waals surface area (Å²) in [4.78, 5) is 0. The maximum Gasteiger partial charge on any atom is 0.0497 e. The summed E-state index contributed by atoms with van der Waals surface area (Å²) < 4.78 is 0. The fourth-order valence-corrected chi connectivity index (χ4v) is 1.86. The van der Waals surface area contributed by atoms with E-state index in [1.54, 1.807) is 0 Å². The third kappa shape index (κ3) is 2.60. The number of hydrogen-bond acceptors (Lipinski definition) is 1. The molecule has 0 aromatic heterocycles. The first-order chi connectivity index (χ1) is 6.97. The van der Waals surface area contributed by atoms with Crippen LogP contribution in [-0.2, 0) is 0 Å². The van der Waals surface area contributed by atoms with Gasteiger partial charge >= 0.3 is 0 Å². The molecule has 1 atom stereocenters. The lowest BCUT2D eigenvalue weighted by molar-refractivity contribution is 0.272. The van der Waals surface area contributed by atoms with E-state index in [-0.39, 0.29) is 12.5 Å². The van der Waals surface area contributed by atoms with Crippen molar-refractivity contribution in [1.29, 1.82) is 0 Å². The van der Waals surface area contributed by atoms with E-state index in [0.717, 1.165) is 0 Å². The summed E-state index contributed by atoms with van der Waals surface area (Å²) in [6, 6.07) is 4.50. The van der Waals surface area contributed by atoms with Crippen LogP contribution in [0.25, 0.3) is 0 Å². The normalized spacial score (nSPS) is 13.3. The van der Waals surface area contributed by atoms with Gasteiger partial charge in [0, 0.05) is 12.5 Å². The van der Waals surface area contributed by atoms with Crippen molar-refractivity contribution < 1.29 is 5.11 Å². The summed E-state index contributed by atoms with van der Waals surface area (Å²) in [5, 5.41) is 9.23. The SMILES string of the molecule is Cc1cc(C(C)C)cc(C(C)CO)c1C. The highest BCUT2D eigenvalue weighted by molar-refractivity contribution is 5.40. The summed E-state index contributed by atoms with van der Waals surface area (Å²) in [6.07, 6.45) is 0. The zero-order valence-corrected chi connectivity index (χ0v) is 10.5. The van der Waals surface area contributed by atoms with Crippen LogP contribution in [0.1, 0.15) is 54.9 Å². The Hall–Kier alpha value is -0.820. The molecule has 1 unspecified atom stereocenters. The summed E-state index contributed by atoms with van der Waals surface area (Å²) in [6.45, 7) is 11.0. The first kappa shape index (κ1) is 12.3. The molecule has 0 aliphatic heterocycles. The van der Waals surface area contributed by atoms with Crippen molar-refractivity contribution >= 4 is 0 Å². The molecular formula is C14H22O. The van der Waals surface area contributed by atoms with Gasteiger partial charge in [0.2, 0.25) is 0 Å². The van der Waals surface area contributed by atoms with Crippen LogP contribution in [-0.4, -0.2) is 11.7 Å². The van der Waals surface area contributed by atoms with E-state index in [1.165, 1.54) is 22.3 Å². The monoisotopic (exact) mass is 206 g/mol. The van der Waals surface area contributed by atoms with Crippen molar-refractivity contribution in [1.82, 2.24) is 0 Å². The number of hydrogen-bond donors (Lipinski definition) is 1. The minimum atomic E-state index is 0.224. The Morgan fingerprint density at radius 1 is 1.13 bits per heavy atom. The van der Waals surface area contributed by atoms with E-state index in [2.05, 4.69) is 46.8 Å². The minimum absolute atomic E-state index is 0.224. The molecule has 1 aromatic carbocycles. The van der Waals surface area contributed by atoms with Gasteiger partial charge in [0.05, 0.1) is 0 Å². The molecule has 1 rings (SSSR count). The minimum Gasteiger partial charge on any atom is -0.396 e. The Balaban J connectivity index is 3.25. The quantitative estimate of drug-likeness (QED) is 0.802. The molecule has 0 bridgehead atoms. The molecule has 0 aliphatic carbocycles. The summed E-state index contributed by atoms with van der Waals surface area (Å²) in [7, 11) is 0. The molecule has 0 spiro atoms. The van der Waals surface area contributed by atoms with Gasteiger partial charge in [-0.15, -0.1) is 0 Å². The number of aliphatic hydroxyl groups is 1. The van der Waals surface area contributed by atoms with Crippen LogP contribution in [0, 0.1) is 13.8 Å². The summed E-state index contributed by atoms with van der Waals surface area (Å²) >= 11 is 0. The van der Waals surface area contributed by atoms with Gasteiger partial charge in [-0.05, 0) is 42.0 Å². The lowest BCUT2D eigenvalue weighted by atomic mass is 9.89. The molecule has 0 amide bonds. The fourth-order valence-electron chi connectivity index (χ4n) is 1.86. The fraction of sp³-hybridized carbons (Fsp3) is 0.571. The molecule has 1 aromatic rings. The Morgan fingerprint density at radius 3 is 2.20 bits per heavy atom. The predicted molar refractivity (Wildman–Crippen MR) is 65.5 cm³/mol. The highest BCUT2D eigenvalue weighted by Gasteiger charge is 2.11. The number of rotatable bonds is 3. The Labute approximate surface area is 93.1 Å². The van der Waals surface area contributed by atoms with Crippen LogP contribution in [0.4, 0.5) is 0 Å². The molecule has 0 radical (unpaired) electrons. The molecule has 15 heavy (non-hydrogen) atoms. The lowest BCUT2D eigenvalue weighted by Gasteiger charge is -2.17. The van der Waals surface area contributed by atoms with Crippen LogP contribution in [0.3, 0.4) is 0 Å². The van der Waals surface area contributed by atoms with Crippen molar-refractivity contribution in [2.24, 2.45) is 0 Å². The van der Waals surface area contributed by atoms with Gasteiger partial charge in [0.1, 0.15) is 0 Å². The molecule has 0 fully saturated rings. The molecule has 1 heteroatoms. The third-order valence-corrected chi connectivity index (χ3v) is 3.20. The van der Waals surface area contributed by atoms with E-state index in [1.807, 2.05) is 0 Å². The standard InChI is InChI=1S/C14H22O/c1-9(2)13-6-10(3)12(5)14(7-13)11(4)8-15/h6-7,9,11,15H,8H2,1-5H3. The van der Waals surface area contributed by atoms with Crippen LogP contribution >= 0.6 is 0 Å². The second-order valence-electron chi connectivity index (χ2n) is 4.79. The highest BCUT2D eigenvalue weighted by atomic mass is 16.3. The van der Waals surface area contributed by atoms with Crippen LogP contribution in [0.2, 0.25) is 0 Å². The van der Waals surface area contributed by atoms with Gasteiger partial charge < -0.3 is 5.11 Å². The molecule has 0 heterocycles. The van der Waals surface area contributed by atoms with E-state index in [4.69, 9.17) is 0 Å². The van der Waals surface area contributed by atoms with E-state index < -0.39 is 0 Å². The molecule has 1 nitrogen and oxygen atoms in total. The first-order valence-corrected chi connectivity index (χ1v) is 5.69. The van der Waals surface area contributed by atoms with Crippen molar-refractivity contribution in [3.8, 4) is 0 Å². The zero-order chi connectivity index (χ0) is 11.6. The summed E-state index contributed by atoms with van der Waals surface area (Å²) in [5.74, 6) is 0.788. The van der Waals surface area contributed by atoms with Gasteiger partial charge in [0.15, 0.2) is 0 Å². The van der Waals surface area contributed by atoms with Crippen molar-refractivity contribution in [3.63, 3.8) is 0 Å². The van der Waals surface area contributed by atoms with Gasteiger partial charge in [0.25, 0.3) is 0 Å². The molecule has 0 aliphatic rings. The van der Waals surface area contributed by atoms with E-state index in [0.29, 0.717) is 5.92 Å². The number of benzene rings is 1. The lowest BCUT2D eigenvalue weighted by Crippen LogP contribution is -2.04.